The Bertz CT molecular complexity index is 614. The van der Waals surface area contributed by atoms with Crippen LogP contribution < -0.4 is 5.32 Å². The highest BCUT2D eigenvalue weighted by Gasteiger charge is 2.18. The van der Waals surface area contributed by atoms with Crippen molar-refractivity contribution in [3.63, 3.8) is 0 Å². The molecule has 0 spiro atoms. The van der Waals surface area contributed by atoms with Gasteiger partial charge in [-0.25, -0.2) is 0 Å². The zero-order chi connectivity index (χ0) is 16.2. The SMILES string of the molecule is Cn1ncc(C(=O)NCCCC(C)(C)CO)c1-n1cccc1. The molecule has 1 amide bonds. The molecule has 0 aliphatic rings. The van der Waals surface area contributed by atoms with Gasteiger partial charge in [-0.05, 0) is 30.4 Å². The molecular weight excluding hydrogens is 280 g/mol. The Hall–Kier alpha value is -2.08. The minimum absolute atomic E-state index is 0.102. The fourth-order valence-corrected chi connectivity index (χ4v) is 2.32. The maximum atomic E-state index is 12.3. The molecule has 2 rings (SSSR count). The number of carbonyl (C=O) groups is 1. The minimum atomic E-state index is -0.126. The summed E-state index contributed by atoms with van der Waals surface area (Å²) in [5.74, 6) is 0.622. The lowest BCUT2D eigenvalue weighted by Crippen LogP contribution is -2.27. The van der Waals surface area contributed by atoms with Crippen LogP contribution in [0.3, 0.4) is 0 Å². The summed E-state index contributed by atoms with van der Waals surface area (Å²) < 4.78 is 3.56. The normalized spacial score (nSPS) is 11.6. The molecule has 0 atom stereocenters. The number of hydrogen-bond donors (Lipinski definition) is 2. The van der Waals surface area contributed by atoms with Crippen LogP contribution in [0.15, 0.2) is 30.7 Å². The molecule has 6 nitrogen and oxygen atoms in total. The van der Waals surface area contributed by atoms with E-state index >= 15 is 0 Å². The van der Waals surface area contributed by atoms with E-state index in [0.29, 0.717) is 12.1 Å². The van der Waals surface area contributed by atoms with Gasteiger partial charge in [-0.3, -0.25) is 9.48 Å². The molecule has 0 radical (unpaired) electrons. The van der Waals surface area contributed by atoms with Crippen LogP contribution in [0, 0.1) is 5.41 Å². The van der Waals surface area contributed by atoms with E-state index in [1.54, 1.807) is 10.9 Å². The molecule has 6 heteroatoms. The highest BCUT2D eigenvalue weighted by Crippen LogP contribution is 2.20. The average molecular weight is 304 g/mol. The van der Waals surface area contributed by atoms with Crippen LogP contribution in [0.2, 0.25) is 0 Å². The summed E-state index contributed by atoms with van der Waals surface area (Å²) in [4.78, 5) is 12.3. The number of aliphatic hydroxyl groups is 1. The van der Waals surface area contributed by atoms with Crippen molar-refractivity contribution in [1.82, 2.24) is 19.7 Å². The van der Waals surface area contributed by atoms with Crippen molar-refractivity contribution < 1.29 is 9.90 Å². The number of rotatable bonds is 7. The number of nitrogens with one attached hydrogen (secondary N) is 1. The second-order valence-corrected chi connectivity index (χ2v) is 6.28. The molecule has 0 aliphatic carbocycles. The fourth-order valence-electron chi connectivity index (χ4n) is 2.32. The van der Waals surface area contributed by atoms with E-state index in [-0.39, 0.29) is 17.9 Å². The van der Waals surface area contributed by atoms with Crippen molar-refractivity contribution >= 4 is 5.91 Å². The quantitative estimate of drug-likeness (QED) is 0.765. The summed E-state index contributed by atoms with van der Waals surface area (Å²) in [6.45, 7) is 4.77. The summed E-state index contributed by atoms with van der Waals surface area (Å²) in [7, 11) is 1.82. The van der Waals surface area contributed by atoms with Gasteiger partial charge in [0, 0.05) is 32.6 Å². The summed E-state index contributed by atoms with van der Waals surface area (Å²) in [6.07, 6.45) is 7.05. The van der Waals surface area contributed by atoms with Crippen molar-refractivity contribution in [2.24, 2.45) is 12.5 Å². The number of nitrogens with zero attached hydrogens (tertiary/aromatic N) is 3. The molecule has 0 saturated heterocycles. The minimum Gasteiger partial charge on any atom is -0.396 e. The Morgan fingerprint density at radius 1 is 1.36 bits per heavy atom. The average Bonchev–Trinajstić information content (AvgIpc) is 3.12. The first-order valence-electron chi connectivity index (χ1n) is 7.49. The number of aromatic nitrogens is 3. The Kier molecular flexibility index (Phi) is 5.03. The Labute approximate surface area is 130 Å². The van der Waals surface area contributed by atoms with E-state index in [1.165, 1.54) is 0 Å². The summed E-state index contributed by atoms with van der Waals surface area (Å²) >= 11 is 0. The number of amides is 1. The van der Waals surface area contributed by atoms with Gasteiger partial charge in [0.05, 0.1) is 6.20 Å². The highest BCUT2D eigenvalue weighted by atomic mass is 16.3. The summed E-state index contributed by atoms with van der Waals surface area (Å²) in [6, 6.07) is 3.82. The summed E-state index contributed by atoms with van der Waals surface area (Å²) in [5.41, 5.74) is 0.454. The molecule has 0 saturated carbocycles. The molecule has 0 unspecified atom stereocenters. The van der Waals surface area contributed by atoms with Crippen LogP contribution in [0.1, 0.15) is 37.0 Å². The third kappa shape index (κ3) is 3.76. The van der Waals surface area contributed by atoms with Crippen LogP contribution in [-0.4, -0.2) is 38.5 Å². The van der Waals surface area contributed by atoms with Crippen molar-refractivity contribution in [2.45, 2.75) is 26.7 Å². The van der Waals surface area contributed by atoms with Gasteiger partial charge in [-0.2, -0.15) is 5.10 Å². The standard InChI is InChI=1S/C16H24N4O2/c1-16(2,12-21)7-6-8-17-14(22)13-11-18-19(3)15(13)20-9-4-5-10-20/h4-5,9-11,21H,6-8,12H2,1-3H3,(H,17,22). The molecule has 2 heterocycles. The smallest absolute Gasteiger partial charge is 0.256 e. The van der Waals surface area contributed by atoms with E-state index in [0.717, 1.165) is 18.7 Å². The van der Waals surface area contributed by atoms with Crippen LogP contribution in [-0.2, 0) is 7.05 Å². The lowest BCUT2D eigenvalue weighted by atomic mass is 9.89. The van der Waals surface area contributed by atoms with Crippen molar-refractivity contribution in [3.05, 3.63) is 36.3 Å². The monoisotopic (exact) mass is 304 g/mol. The summed E-state index contributed by atoms with van der Waals surface area (Å²) in [5, 5.41) is 16.3. The predicted molar refractivity (Wildman–Crippen MR) is 85.0 cm³/mol. The first-order chi connectivity index (χ1) is 10.4. The van der Waals surface area contributed by atoms with Crippen molar-refractivity contribution in [3.8, 4) is 5.82 Å². The highest BCUT2D eigenvalue weighted by molar-refractivity contribution is 5.97. The maximum absolute atomic E-state index is 12.3. The molecule has 2 N–H and O–H groups in total. The van der Waals surface area contributed by atoms with E-state index < -0.39 is 0 Å². The lowest BCUT2D eigenvalue weighted by Gasteiger charge is -2.21. The second kappa shape index (κ2) is 6.79. The third-order valence-corrected chi connectivity index (χ3v) is 3.75. The number of hydrogen-bond acceptors (Lipinski definition) is 3. The first-order valence-corrected chi connectivity index (χ1v) is 7.49. The largest absolute Gasteiger partial charge is 0.396 e. The molecule has 120 valence electrons. The van der Waals surface area contributed by atoms with Gasteiger partial charge in [-0.15, -0.1) is 0 Å². The van der Waals surface area contributed by atoms with E-state index in [2.05, 4.69) is 10.4 Å². The molecule has 0 fully saturated rings. The maximum Gasteiger partial charge on any atom is 0.256 e. The van der Waals surface area contributed by atoms with E-state index in [1.807, 2.05) is 50.0 Å². The van der Waals surface area contributed by atoms with Crippen LogP contribution in [0.4, 0.5) is 0 Å². The topological polar surface area (TPSA) is 72.1 Å². The van der Waals surface area contributed by atoms with Gasteiger partial charge in [0.1, 0.15) is 11.4 Å². The first kappa shape index (κ1) is 16.3. The van der Waals surface area contributed by atoms with Crippen molar-refractivity contribution in [1.29, 1.82) is 0 Å². The second-order valence-electron chi connectivity index (χ2n) is 6.28. The van der Waals surface area contributed by atoms with E-state index in [4.69, 9.17) is 0 Å². The molecule has 0 aromatic carbocycles. The van der Waals surface area contributed by atoms with Gasteiger partial charge in [0.25, 0.3) is 5.91 Å². The molecule has 22 heavy (non-hydrogen) atoms. The predicted octanol–water partition coefficient (Wildman–Crippen LogP) is 1.74. The Morgan fingerprint density at radius 3 is 2.68 bits per heavy atom. The van der Waals surface area contributed by atoms with Gasteiger partial charge >= 0.3 is 0 Å². The van der Waals surface area contributed by atoms with Crippen LogP contribution in [0.5, 0.6) is 0 Å². The zero-order valence-electron chi connectivity index (χ0n) is 13.4. The van der Waals surface area contributed by atoms with Gasteiger partial charge in [-0.1, -0.05) is 13.8 Å². The fraction of sp³-hybridized carbons (Fsp3) is 0.500. The van der Waals surface area contributed by atoms with Gasteiger partial charge in [0.15, 0.2) is 0 Å². The van der Waals surface area contributed by atoms with Gasteiger partial charge in [0.2, 0.25) is 0 Å². The molecule has 2 aromatic rings. The molecular formula is C16H24N4O2. The number of carbonyl (C=O) groups excluding carboxylic acids is 1. The van der Waals surface area contributed by atoms with Crippen molar-refractivity contribution in [2.75, 3.05) is 13.2 Å². The van der Waals surface area contributed by atoms with Crippen LogP contribution in [0.25, 0.3) is 5.82 Å². The lowest BCUT2D eigenvalue weighted by molar-refractivity contribution is 0.0948. The number of aliphatic hydroxyl groups excluding tert-OH is 1. The Balaban J connectivity index is 1.97. The van der Waals surface area contributed by atoms with E-state index in [9.17, 15) is 9.90 Å². The van der Waals surface area contributed by atoms with Crippen LogP contribution >= 0.6 is 0 Å². The molecule has 0 aliphatic heterocycles. The third-order valence-electron chi connectivity index (χ3n) is 3.75. The zero-order valence-corrected chi connectivity index (χ0v) is 13.4. The molecule has 0 bridgehead atoms. The molecule has 2 aromatic heterocycles. The van der Waals surface area contributed by atoms with Gasteiger partial charge < -0.3 is 15.0 Å². The number of aryl methyl sites for hydroxylation is 1. The Morgan fingerprint density at radius 2 is 2.05 bits per heavy atom.